The normalized spacial score (nSPS) is 8.56. The standard InChI is InChI=1S/C11H8O2.Mo.Pb.Re.2H/c12-11(13)10-7-3-5-8-4-1-2-6-9(8)10;;;;;/h1-7H,(H,12,13);;;;;. The number of rotatable bonds is 1. The molecule has 2 radical (unpaired) electrons. The molecule has 0 amide bonds. The van der Waals surface area contributed by atoms with Crippen molar-refractivity contribution < 1.29 is 43.1 Å². The summed E-state index contributed by atoms with van der Waals surface area (Å²) in [6, 6.07) is 12.7. The predicted octanol–water partition coefficient (Wildman–Crippen LogP) is 1.62. The molecule has 0 aromatic heterocycles. The summed E-state index contributed by atoms with van der Waals surface area (Å²) in [6.45, 7) is 0. The molecule has 5 heteroatoms. The number of hydrogen-bond donors (Lipinski definition) is 1. The third-order valence-corrected chi connectivity index (χ3v) is 2.02. The quantitative estimate of drug-likeness (QED) is 0.472. The van der Waals surface area contributed by atoms with Gasteiger partial charge < -0.3 is 5.11 Å². The first-order valence-corrected chi connectivity index (χ1v) is 11.5. The van der Waals surface area contributed by atoms with Gasteiger partial charge >= 0.3 is 66.5 Å². The molecule has 2 nitrogen and oxygen atoms in total. The number of carbonyl (C=O) groups is 1. The molecule has 0 saturated carbocycles. The number of aromatic carboxylic acids is 1. The van der Waals surface area contributed by atoms with Gasteiger partial charge in [-0.2, -0.15) is 0 Å². The van der Waals surface area contributed by atoms with Gasteiger partial charge in [-0.15, -0.1) is 0 Å². The maximum atomic E-state index is 10.8. The van der Waals surface area contributed by atoms with E-state index < -0.39 is 5.97 Å². The van der Waals surface area contributed by atoms with E-state index in [0.717, 1.165) is 10.8 Å². The van der Waals surface area contributed by atoms with Gasteiger partial charge in [-0.25, -0.2) is 4.79 Å². The van der Waals surface area contributed by atoms with E-state index in [2.05, 4.69) is 0 Å². The molecule has 16 heavy (non-hydrogen) atoms. The van der Waals surface area contributed by atoms with Crippen molar-refractivity contribution in [2.75, 3.05) is 0 Å². The summed E-state index contributed by atoms with van der Waals surface area (Å²) < 4.78 is 0. The third-order valence-electron chi connectivity index (χ3n) is 2.02. The Kier molecular flexibility index (Phi) is 8.76. The van der Waals surface area contributed by atoms with E-state index >= 15 is 0 Å². The van der Waals surface area contributed by atoms with Crippen molar-refractivity contribution in [2.24, 2.45) is 0 Å². The summed E-state index contributed by atoms with van der Waals surface area (Å²) in [5, 5.41) is 10.6. The summed E-state index contributed by atoms with van der Waals surface area (Å²) in [6.07, 6.45) is 0. The summed E-state index contributed by atoms with van der Waals surface area (Å²) in [4.78, 5) is 10.8. The van der Waals surface area contributed by atoms with Crippen LogP contribution in [0.4, 0.5) is 0 Å². The molecular weight excluding hydrogens is 653 g/mol. The topological polar surface area (TPSA) is 37.3 Å². The van der Waals surface area contributed by atoms with E-state index in [1.165, 1.54) is 0 Å². The molecular formula is C11H10MoO2PbRe. The van der Waals surface area contributed by atoms with Crippen molar-refractivity contribution in [3.05, 3.63) is 48.0 Å². The van der Waals surface area contributed by atoms with Crippen LogP contribution in [0.2, 0.25) is 0 Å². The minimum atomic E-state index is -0.878. The average Bonchev–Trinajstić information content (AvgIpc) is 2.31. The van der Waals surface area contributed by atoms with Crippen molar-refractivity contribution in [3.8, 4) is 0 Å². The zero-order valence-corrected chi connectivity index (χ0v) is 18.6. The Morgan fingerprint density at radius 3 is 2.25 bits per heavy atom. The molecule has 0 saturated heterocycles. The van der Waals surface area contributed by atoms with Gasteiger partial charge in [-0.3, -0.25) is 0 Å². The van der Waals surface area contributed by atoms with Crippen LogP contribution in [0.15, 0.2) is 42.5 Å². The molecule has 0 unspecified atom stereocenters. The first-order chi connectivity index (χ1) is 7.29. The molecule has 2 rings (SSSR count). The molecule has 0 bridgehead atoms. The summed E-state index contributed by atoms with van der Waals surface area (Å²) in [7, 11) is 0. The molecule has 1 N–H and O–H groups in total. The van der Waals surface area contributed by atoms with Gasteiger partial charge in [0.1, 0.15) is 0 Å². The van der Waals surface area contributed by atoms with Crippen LogP contribution in [0.5, 0.6) is 0 Å². The van der Waals surface area contributed by atoms with Gasteiger partial charge in [0.05, 0.1) is 5.56 Å². The average molecular weight is 664 g/mol. The van der Waals surface area contributed by atoms with Gasteiger partial charge in [0, 0.05) is 0 Å². The third kappa shape index (κ3) is 4.03. The van der Waals surface area contributed by atoms with E-state index in [1.54, 1.807) is 28.4 Å². The van der Waals surface area contributed by atoms with E-state index in [1.807, 2.05) is 47.3 Å². The molecule has 0 fully saturated rings. The monoisotopic (exact) mass is 667 g/mol. The Bertz CT molecular complexity index is 471. The van der Waals surface area contributed by atoms with Crippen molar-refractivity contribution in [2.45, 2.75) is 0 Å². The molecule has 0 aliphatic rings. The Morgan fingerprint density at radius 1 is 1.06 bits per heavy atom. The first-order valence-electron chi connectivity index (χ1n) is 4.15. The number of hydrogen-bond acceptors (Lipinski definition) is 1. The summed E-state index contributed by atoms with van der Waals surface area (Å²) in [5.74, 6) is -0.878. The van der Waals surface area contributed by atoms with Crippen LogP contribution in [-0.2, 0) is 33.2 Å². The van der Waals surface area contributed by atoms with Crippen LogP contribution in [-0.4, -0.2) is 38.4 Å². The summed E-state index contributed by atoms with van der Waals surface area (Å²) >= 11 is 3.74. The molecule has 0 aliphatic heterocycles. The first kappa shape index (κ1) is 16.4. The van der Waals surface area contributed by atoms with E-state index in [0.29, 0.717) is 5.56 Å². The Morgan fingerprint density at radius 2 is 1.62 bits per heavy atom. The van der Waals surface area contributed by atoms with Gasteiger partial charge in [0.15, 0.2) is 0 Å². The minimum absolute atomic E-state index is 0. The molecule has 2 aromatic rings. The number of carboxylic acids is 1. The van der Waals surface area contributed by atoms with Gasteiger partial charge in [0.25, 0.3) is 0 Å². The zero-order chi connectivity index (χ0) is 11.3. The van der Waals surface area contributed by atoms with E-state index in [9.17, 15) is 4.79 Å². The molecule has 0 heterocycles. The van der Waals surface area contributed by atoms with Crippen LogP contribution in [0, 0.1) is 0 Å². The second kappa shape index (κ2) is 8.52. The molecule has 0 spiro atoms. The fourth-order valence-electron chi connectivity index (χ4n) is 1.41. The van der Waals surface area contributed by atoms with Crippen LogP contribution in [0.1, 0.15) is 10.4 Å². The van der Waals surface area contributed by atoms with Crippen LogP contribution in [0.3, 0.4) is 0 Å². The number of carboxylic acid groups (broad SMARTS) is 1. The van der Waals surface area contributed by atoms with E-state index in [-0.39, 0.29) is 27.3 Å². The zero-order valence-electron chi connectivity index (χ0n) is 8.39. The number of benzene rings is 2. The van der Waals surface area contributed by atoms with E-state index in [4.69, 9.17) is 5.11 Å². The van der Waals surface area contributed by atoms with Crippen LogP contribution in [0.25, 0.3) is 10.8 Å². The Balaban J connectivity index is 0.000000711. The Hall–Kier alpha value is 0.443. The van der Waals surface area contributed by atoms with Crippen molar-refractivity contribution in [1.29, 1.82) is 0 Å². The molecule has 0 atom stereocenters. The fourth-order valence-corrected chi connectivity index (χ4v) is 1.41. The second-order valence-corrected chi connectivity index (χ2v) is 2.83. The molecule has 0 aliphatic carbocycles. The van der Waals surface area contributed by atoms with Crippen LogP contribution < -0.4 is 0 Å². The van der Waals surface area contributed by atoms with Crippen LogP contribution >= 0.6 is 0 Å². The Labute approximate surface area is 134 Å². The predicted molar refractivity (Wildman–Crippen MR) is 59.5 cm³/mol. The van der Waals surface area contributed by atoms with Crippen molar-refractivity contribution in [3.63, 3.8) is 0 Å². The fraction of sp³-hybridized carbons (Fsp3) is 0. The van der Waals surface area contributed by atoms with Gasteiger partial charge in [-0.1, -0.05) is 36.4 Å². The van der Waals surface area contributed by atoms with Crippen molar-refractivity contribution >= 4 is 44.0 Å². The SMILES string of the molecule is O=C(O)c1cccc2ccccc12.[Mo][Re].[PbH2]. The maximum absolute atomic E-state index is 10.8. The number of fused-ring (bicyclic) bond motifs is 1. The second-order valence-electron chi connectivity index (χ2n) is 2.83. The van der Waals surface area contributed by atoms with Gasteiger partial charge in [-0.05, 0) is 16.8 Å². The summed E-state index contributed by atoms with van der Waals surface area (Å²) in [5.41, 5.74) is 0.359. The molecule has 83 valence electrons. The van der Waals surface area contributed by atoms with Gasteiger partial charge in [0.2, 0.25) is 0 Å². The van der Waals surface area contributed by atoms with Crippen molar-refractivity contribution in [1.82, 2.24) is 0 Å². The molecule has 2 aromatic carbocycles.